The molecule has 0 aliphatic heterocycles. The summed E-state index contributed by atoms with van der Waals surface area (Å²) in [7, 11) is 1.82. The van der Waals surface area contributed by atoms with Crippen LogP contribution in [0.1, 0.15) is 5.56 Å². The number of hydrogen-bond acceptors (Lipinski definition) is 4. The number of hydrogen-bond donors (Lipinski definition) is 2. The van der Waals surface area contributed by atoms with Crippen LogP contribution in [0.2, 0.25) is 0 Å². The van der Waals surface area contributed by atoms with Gasteiger partial charge in [-0.2, -0.15) is 5.10 Å². The maximum Gasteiger partial charge on any atom is 0.319 e. The Morgan fingerprint density at radius 3 is 2.71 bits per heavy atom. The van der Waals surface area contributed by atoms with Crippen molar-refractivity contribution in [1.82, 2.24) is 25.1 Å². The van der Waals surface area contributed by atoms with E-state index >= 15 is 0 Å². The molecule has 0 bridgehead atoms. The zero-order valence-electron chi connectivity index (χ0n) is 13.3. The van der Waals surface area contributed by atoms with Gasteiger partial charge in [0.15, 0.2) is 5.82 Å². The fourth-order valence-electron chi connectivity index (χ4n) is 2.22. The average molecular weight is 322 g/mol. The van der Waals surface area contributed by atoms with E-state index in [0.717, 1.165) is 17.5 Å². The molecular formula is C17H18N6O. The van der Waals surface area contributed by atoms with Gasteiger partial charge in [0, 0.05) is 37.2 Å². The second-order valence-corrected chi connectivity index (χ2v) is 5.31. The molecule has 0 aliphatic rings. The summed E-state index contributed by atoms with van der Waals surface area (Å²) in [4.78, 5) is 20.1. The predicted molar refractivity (Wildman–Crippen MR) is 91.4 cm³/mol. The molecule has 0 aliphatic carbocycles. The molecule has 0 saturated heterocycles. The van der Waals surface area contributed by atoms with E-state index < -0.39 is 0 Å². The highest BCUT2D eigenvalue weighted by molar-refractivity contribution is 5.89. The quantitative estimate of drug-likeness (QED) is 0.754. The van der Waals surface area contributed by atoms with E-state index in [1.54, 1.807) is 23.4 Å². The van der Waals surface area contributed by atoms with Crippen LogP contribution in [0.15, 0.2) is 55.1 Å². The molecule has 0 fully saturated rings. The largest absolute Gasteiger partial charge is 0.338 e. The van der Waals surface area contributed by atoms with Gasteiger partial charge in [0.1, 0.15) is 6.33 Å². The smallest absolute Gasteiger partial charge is 0.319 e. The summed E-state index contributed by atoms with van der Waals surface area (Å²) >= 11 is 0. The molecule has 0 spiro atoms. The standard InChI is InChI=1S/C17H18N6O/c1-23-12-20-16(22-23)14-4-6-15(7-5-14)21-17(24)19-10-8-13-3-2-9-18-11-13/h2-7,9,11-12H,8,10H2,1H3,(H2,19,21,24). The Bertz CT molecular complexity index is 797. The minimum atomic E-state index is -0.234. The van der Waals surface area contributed by atoms with Gasteiger partial charge in [0.25, 0.3) is 0 Å². The Labute approximate surface area is 139 Å². The second kappa shape index (κ2) is 7.36. The lowest BCUT2D eigenvalue weighted by atomic mass is 10.2. The van der Waals surface area contributed by atoms with Crippen molar-refractivity contribution in [3.63, 3.8) is 0 Å². The van der Waals surface area contributed by atoms with Crippen molar-refractivity contribution < 1.29 is 4.79 Å². The Balaban J connectivity index is 1.49. The lowest BCUT2D eigenvalue weighted by molar-refractivity contribution is 0.252. The molecule has 1 aromatic carbocycles. The molecule has 7 heteroatoms. The van der Waals surface area contributed by atoms with Gasteiger partial charge >= 0.3 is 6.03 Å². The van der Waals surface area contributed by atoms with E-state index in [9.17, 15) is 4.79 Å². The zero-order valence-corrected chi connectivity index (χ0v) is 13.3. The summed E-state index contributed by atoms with van der Waals surface area (Å²) in [6.45, 7) is 0.549. The third-order valence-corrected chi connectivity index (χ3v) is 3.42. The van der Waals surface area contributed by atoms with Gasteiger partial charge in [-0.05, 0) is 42.3 Å². The van der Waals surface area contributed by atoms with E-state index in [1.165, 1.54) is 0 Å². The number of urea groups is 1. The Kier molecular flexibility index (Phi) is 4.81. The third kappa shape index (κ3) is 4.16. The van der Waals surface area contributed by atoms with Crippen LogP contribution in [0, 0.1) is 0 Å². The van der Waals surface area contributed by atoms with E-state index in [2.05, 4.69) is 25.7 Å². The molecule has 0 atom stereocenters. The summed E-state index contributed by atoms with van der Waals surface area (Å²) in [6.07, 6.45) is 5.92. The van der Waals surface area contributed by atoms with Crippen LogP contribution in [-0.2, 0) is 13.5 Å². The van der Waals surface area contributed by atoms with Crippen molar-refractivity contribution in [3.05, 3.63) is 60.7 Å². The molecule has 7 nitrogen and oxygen atoms in total. The minimum absolute atomic E-state index is 0.234. The molecule has 3 rings (SSSR count). The molecule has 2 heterocycles. The van der Waals surface area contributed by atoms with Gasteiger partial charge < -0.3 is 10.6 Å². The zero-order chi connectivity index (χ0) is 16.8. The number of amides is 2. The Hall–Kier alpha value is -3.22. The first-order valence-electron chi connectivity index (χ1n) is 7.60. The number of carbonyl (C=O) groups is 1. The van der Waals surface area contributed by atoms with Crippen molar-refractivity contribution >= 4 is 11.7 Å². The van der Waals surface area contributed by atoms with Gasteiger partial charge in [-0.1, -0.05) is 6.07 Å². The highest BCUT2D eigenvalue weighted by atomic mass is 16.2. The summed E-state index contributed by atoms with van der Waals surface area (Å²) < 4.78 is 1.65. The molecule has 2 N–H and O–H groups in total. The first-order chi connectivity index (χ1) is 11.7. The monoisotopic (exact) mass is 322 g/mol. The SMILES string of the molecule is Cn1cnc(-c2ccc(NC(=O)NCCc3cccnc3)cc2)n1. The minimum Gasteiger partial charge on any atom is -0.338 e. The first-order valence-corrected chi connectivity index (χ1v) is 7.60. The molecular weight excluding hydrogens is 304 g/mol. The van der Waals surface area contributed by atoms with Crippen LogP contribution in [-0.4, -0.2) is 32.3 Å². The molecule has 122 valence electrons. The molecule has 0 saturated carbocycles. The summed E-state index contributed by atoms with van der Waals surface area (Å²) in [5.41, 5.74) is 2.71. The molecule has 0 unspecified atom stereocenters. The van der Waals surface area contributed by atoms with Gasteiger partial charge in [-0.15, -0.1) is 0 Å². The summed E-state index contributed by atoms with van der Waals surface area (Å²) in [5, 5.41) is 9.87. The maximum absolute atomic E-state index is 11.9. The molecule has 2 aromatic heterocycles. The number of aromatic nitrogens is 4. The lowest BCUT2D eigenvalue weighted by Crippen LogP contribution is -2.30. The summed E-state index contributed by atoms with van der Waals surface area (Å²) in [6, 6.07) is 11.0. The van der Waals surface area contributed by atoms with Crippen molar-refractivity contribution in [2.45, 2.75) is 6.42 Å². The van der Waals surface area contributed by atoms with Crippen molar-refractivity contribution in [2.24, 2.45) is 7.05 Å². The van der Waals surface area contributed by atoms with Crippen LogP contribution in [0.5, 0.6) is 0 Å². The van der Waals surface area contributed by atoms with Crippen LogP contribution < -0.4 is 10.6 Å². The maximum atomic E-state index is 11.9. The highest BCUT2D eigenvalue weighted by Crippen LogP contribution is 2.17. The second-order valence-electron chi connectivity index (χ2n) is 5.31. The van der Waals surface area contributed by atoms with Crippen LogP contribution in [0.25, 0.3) is 11.4 Å². The summed E-state index contributed by atoms with van der Waals surface area (Å²) in [5.74, 6) is 0.657. The third-order valence-electron chi connectivity index (χ3n) is 3.42. The average Bonchev–Trinajstić information content (AvgIpc) is 3.03. The Morgan fingerprint density at radius 1 is 1.21 bits per heavy atom. The lowest BCUT2D eigenvalue weighted by Gasteiger charge is -2.08. The molecule has 0 radical (unpaired) electrons. The number of benzene rings is 1. The van der Waals surface area contributed by atoms with Crippen LogP contribution in [0.4, 0.5) is 10.5 Å². The van der Waals surface area contributed by atoms with Gasteiger partial charge in [-0.3, -0.25) is 9.67 Å². The fraction of sp³-hybridized carbons (Fsp3) is 0.176. The number of nitrogens with one attached hydrogen (secondary N) is 2. The Morgan fingerprint density at radius 2 is 2.04 bits per heavy atom. The van der Waals surface area contributed by atoms with Gasteiger partial charge in [0.2, 0.25) is 0 Å². The highest BCUT2D eigenvalue weighted by Gasteiger charge is 2.05. The van der Waals surface area contributed by atoms with Gasteiger partial charge in [-0.25, -0.2) is 9.78 Å². The number of anilines is 1. The van der Waals surface area contributed by atoms with Crippen LogP contribution in [0.3, 0.4) is 0 Å². The number of nitrogens with zero attached hydrogens (tertiary/aromatic N) is 4. The van der Waals surface area contributed by atoms with E-state index in [1.807, 2.05) is 43.4 Å². The fourth-order valence-corrected chi connectivity index (χ4v) is 2.22. The topological polar surface area (TPSA) is 84.7 Å². The number of aryl methyl sites for hydroxylation is 1. The predicted octanol–water partition coefficient (Wildman–Crippen LogP) is 2.24. The van der Waals surface area contributed by atoms with Crippen molar-refractivity contribution in [1.29, 1.82) is 0 Å². The number of rotatable bonds is 5. The first kappa shape index (κ1) is 15.7. The van der Waals surface area contributed by atoms with E-state index in [0.29, 0.717) is 18.1 Å². The van der Waals surface area contributed by atoms with Crippen LogP contribution >= 0.6 is 0 Å². The van der Waals surface area contributed by atoms with E-state index in [-0.39, 0.29) is 6.03 Å². The molecule has 2 amide bonds. The molecule has 24 heavy (non-hydrogen) atoms. The normalized spacial score (nSPS) is 10.4. The van der Waals surface area contributed by atoms with Gasteiger partial charge in [0.05, 0.1) is 0 Å². The van der Waals surface area contributed by atoms with Crippen molar-refractivity contribution in [2.75, 3.05) is 11.9 Å². The number of carbonyl (C=O) groups excluding carboxylic acids is 1. The van der Waals surface area contributed by atoms with E-state index in [4.69, 9.17) is 0 Å². The molecule has 3 aromatic rings. The van der Waals surface area contributed by atoms with Crippen molar-refractivity contribution in [3.8, 4) is 11.4 Å². The number of pyridine rings is 1.